The Labute approximate surface area is 93.5 Å². The normalized spacial score (nSPS) is 10.7. The molecule has 0 bridgehead atoms. The summed E-state index contributed by atoms with van der Waals surface area (Å²) < 4.78 is 22.1. The second kappa shape index (κ2) is 4.53. The summed E-state index contributed by atoms with van der Waals surface area (Å²) >= 11 is 5.82. The molecule has 0 spiro atoms. The second-order valence-electron chi connectivity index (χ2n) is 2.74. The lowest BCUT2D eigenvalue weighted by atomic mass is 10.3. The largest absolute Gasteiger partial charge is 0.373 e. The van der Waals surface area contributed by atoms with Crippen molar-refractivity contribution in [3.8, 4) is 12.3 Å². The van der Waals surface area contributed by atoms with Gasteiger partial charge in [0, 0.05) is 0 Å². The summed E-state index contributed by atoms with van der Waals surface area (Å²) in [4.78, 5) is -0.00794. The average Bonchev–Trinajstić information content (AvgIpc) is 2.15. The van der Waals surface area contributed by atoms with Gasteiger partial charge in [-0.05, 0) is 18.2 Å². The SMILES string of the molecule is C#CCNc1cc(S(N)(=O)=O)ccc1Cl. The Hall–Kier alpha value is -1.22. The molecule has 0 saturated carbocycles. The van der Waals surface area contributed by atoms with Crippen molar-refractivity contribution in [2.24, 2.45) is 5.14 Å². The van der Waals surface area contributed by atoms with Crippen LogP contribution in [-0.2, 0) is 10.0 Å². The zero-order valence-electron chi connectivity index (χ0n) is 7.70. The number of halogens is 1. The molecule has 0 radical (unpaired) electrons. The van der Waals surface area contributed by atoms with Crippen molar-refractivity contribution < 1.29 is 8.42 Å². The number of primary sulfonamides is 1. The first-order chi connectivity index (χ1) is 6.95. The predicted octanol–water partition coefficient (Wildman–Crippen LogP) is 1.03. The highest BCUT2D eigenvalue weighted by Crippen LogP contribution is 2.24. The van der Waals surface area contributed by atoms with Gasteiger partial charge >= 0.3 is 0 Å². The van der Waals surface area contributed by atoms with Crippen LogP contribution in [0.25, 0.3) is 0 Å². The van der Waals surface area contributed by atoms with E-state index in [1.807, 2.05) is 0 Å². The minimum absolute atomic E-state index is 0.00794. The van der Waals surface area contributed by atoms with Crippen LogP contribution in [0, 0.1) is 12.3 Å². The summed E-state index contributed by atoms with van der Waals surface area (Å²) in [6, 6.07) is 4.12. The molecule has 0 aliphatic rings. The molecule has 0 aliphatic heterocycles. The minimum atomic E-state index is -3.72. The molecule has 0 fully saturated rings. The van der Waals surface area contributed by atoms with Crippen molar-refractivity contribution in [1.82, 2.24) is 0 Å². The summed E-state index contributed by atoms with van der Waals surface area (Å²) in [5, 5.41) is 8.14. The molecule has 1 aromatic rings. The van der Waals surface area contributed by atoms with E-state index in [1.54, 1.807) is 0 Å². The summed E-state index contributed by atoms with van der Waals surface area (Å²) in [5.74, 6) is 2.35. The van der Waals surface area contributed by atoms with Crippen LogP contribution in [-0.4, -0.2) is 15.0 Å². The van der Waals surface area contributed by atoms with Crippen LogP contribution in [0.4, 0.5) is 5.69 Å². The van der Waals surface area contributed by atoms with Crippen molar-refractivity contribution in [3.05, 3.63) is 23.2 Å². The summed E-state index contributed by atoms with van der Waals surface area (Å²) in [6.07, 6.45) is 5.05. The Kier molecular flexibility index (Phi) is 3.58. The number of hydrogen-bond donors (Lipinski definition) is 2. The van der Waals surface area contributed by atoms with Gasteiger partial charge < -0.3 is 5.32 Å². The molecular formula is C9H9ClN2O2S. The van der Waals surface area contributed by atoms with Gasteiger partial charge in [0.25, 0.3) is 0 Å². The highest BCUT2D eigenvalue weighted by Gasteiger charge is 2.10. The molecule has 0 heterocycles. The van der Waals surface area contributed by atoms with Gasteiger partial charge in [-0.15, -0.1) is 6.42 Å². The standard InChI is InChI=1S/C9H9ClN2O2S/c1-2-5-12-9-6-7(15(11,13)14)3-4-8(9)10/h1,3-4,6,12H,5H2,(H2,11,13,14). The zero-order chi connectivity index (χ0) is 11.5. The average molecular weight is 245 g/mol. The van der Waals surface area contributed by atoms with E-state index in [-0.39, 0.29) is 11.4 Å². The number of benzene rings is 1. The summed E-state index contributed by atoms with van der Waals surface area (Å²) in [6.45, 7) is 0.258. The lowest BCUT2D eigenvalue weighted by molar-refractivity contribution is 0.598. The van der Waals surface area contributed by atoms with Crippen molar-refractivity contribution >= 4 is 27.3 Å². The van der Waals surface area contributed by atoms with Crippen molar-refractivity contribution in [1.29, 1.82) is 0 Å². The van der Waals surface area contributed by atoms with Gasteiger partial charge in [0.2, 0.25) is 10.0 Å². The monoisotopic (exact) mass is 244 g/mol. The number of anilines is 1. The van der Waals surface area contributed by atoms with Gasteiger partial charge in [-0.1, -0.05) is 17.5 Å². The molecule has 0 unspecified atom stereocenters. The fourth-order valence-corrected chi connectivity index (χ4v) is 1.69. The van der Waals surface area contributed by atoms with E-state index >= 15 is 0 Å². The van der Waals surface area contributed by atoms with Gasteiger partial charge in [-0.25, -0.2) is 13.6 Å². The molecule has 15 heavy (non-hydrogen) atoms. The fourth-order valence-electron chi connectivity index (χ4n) is 0.963. The van der Waals surface area contributed by atoms with E-state index in [4.69, 9.17) is 23.2 Å². The van der Waals surface area contributed by atoms with E-state index in [1.165, 1.54) is 18.2 Å². The van der Waals surface area contributed by atoms with Crippen LogP contribution in [0.15, 0.2) is 23.1 Å². The lowest BCUT2D eigenvalue weighted by Gasteiger charge is -2.06. The molecule has 0 saturated heterocycles. The first kappa shape index (κ1) is 11.9. The molecule has 3 N–H and O–H groups in total. The number of sulfonamides is 1. The quantitative estimate of drug-likeness (QED) is 0.781. The third kappa shape index (κ3) is 3.13. The first-order valence-electron chi connectivity index (χ1n) is 3.95. The molecule has 1 aromatic carbocycles. The van der Waals surface area contributed by atoms with Crippen LogP contribution in [0.2, 0.25) is 5.02 Å². The Morgan fingerprint density at radius 2 is 2.20 bits per heavy atom. The molecule has 1 rings (SSSR count). The van der Waals surface area contributed by atoms with Crippen LogP contribution in [0.3, 0.4) is 0 Å². The fraction of sp³-hybridized carbons (Fsp3) is 0.111. The Morgan fingerprint density at radius 3 is 2.73 bits per heavy atom. The van der Waals surface area contributed by atoms with E-state index < -0.39 is 10.0 Å². The van der Waals surface area contributed by atoms with E-state index in [0.29, 0.717) is 10.7 Å². The van der Waals surface area contributed by atoms with Crippen LogP contribution in [0.5, 0.6) is 0 Å². The van der Waals surface area contributed by atoms with E-state index in [0.717, 1.165) is 0 Å². The maximum atomic E-state index is 11.0. The highest BCUT2D eigenvalue weighted by molar-refractivity contribution is 7.89. The van der Waals surface area contributed by atoms with Crippen molar-refractivity contribution in [2.45, 2.75) is 4.90 Å². The third-order valence-corrected chi connectivity index (χ3v) is 2.89. The number of nitrogens with two attached hydrogens (primary N) is 1. The zero-order valence-corrected chi connectivity index (χ0v) is 9.27. The molecule has 0 amide bonds. The first-order valence-corrected chi connectivity index (χ1v) is 5.87. The topological polar surface area (TPSA) is 72.2 Å². The van der Waals surface area contributed by atoms with Gasteiger partial charge in [-0.2, -0.15) is 0 Å². The highest BCUT2D eigenvalue weighted by atomic mass is 35.5. The summed E-state index contributed by atoms with van der Waals surface area (Å²) in [5.41, 5.74) is 0.446. The smallest absolute Gasteiger partial charge is 0.238 e. The maximum absolute atomic E-state index is 11.0. The van der Waals surface area contributed by atoms with Gasteiger partial charge in [0.15, 0.2) is 0 Å². The van der Waals surface area contributed by atoms with Gasteiger partial charge in [-0.3, -0.25) is 0 Å². The van der Waals surface area contributed by atoms with Crippen LogP contribution < -0.4 is 10.5 Å². The van der Waals surface area contributed by atoms with E-state index in [9.17, 15) is 8.42 Å². The molecular weight excluding hydrogens is 236 g/mol. The lowest BCUT2D eigenvalue weighted by Crippen LogP contribution is -2.12. The third-order valence-electron chi connectivity index (χ3n) is 1.65. The number of nitrogens with one attached hydrogen (secondary N) is 1. The van der Waals surface area contributed by atoms with Gasteiger partial charge in [0.05, 0.1) is 22.2 Å². The number of hydrogen-bond acceptors (Lipinski definition) is 3. The van der Waals surface area contributed by atoms with Crippen molar-refractivity contribution in [3.63, 3.8) is 0 Å². The molecule has 80 valence electrons. The van der Waals surface area contributed by atoms with Gasteiger partial charge in [0.1, 0.15) is 0 Å². The minimum Gasteiger partial charge on any atom is -0.373 e. The second-order valence-corrected chi connectivity index (χ2v) is 4.71. The summed E-state index contributed by atoms with van der Waals surface area (Å²) in [7, 11) is -3.72. The number of terminal acetylenes is 1. The van der Waals surface area contributed by atoms with Crippen LogP contribution >= 0.6 is 11.6 Å². The molecule has 4 nitrogen and oxygen atoms in total. The maximum Gasteiger partial charge on any atom is 0.238 e. The predicted molar refractivity (Wildman–Crippen MR) is 60.1 cm³/mol. The van der Waals surface area contributed by atoms with Crippen LogP contribution in [0.1, 0.15) is 0 Å². The Bertz CT molecular complexity index is 505. The molecule has 6 heteroatoms. The molecule has 0 aliphatic carbocycles. The molecule has 0 aromatic heterocycles. The Morgan fingerprint density at radius 1 is 1.53 bits per heavy atom. The molecule has 0 atom stereocenters. The Balaban J connectivity index is 3.12. The number of rotatable bonds is 3. The van der Waals surface area contributed by atoms with E-state index in [2.05, 4.69) is 11.2 Å². The van der Waals surface area contributed by atoms with Crippen molar-refractivity contribution in [2.75, 3.05) is 11.9 Å².